The number of ether oxygens (including phenoxy) is 1. The Morgan fingerprint density at radius 2 is 1.97 bits per heavy atom. The zero-order valence-electron chi connectivity index (χ0n) is 16.1. The van der Waals surface area contributed by atoms with Crippen molar-refractivity contribution in [1.82, 2.24) is 10.7 Å². The van der Waals surface area contributed by atoms with Crippen LogP contribution in [0.15, 0.2) is 46.0 Å². The predicted molar refractivity (Wildman–Crippen MR) is 116 cm³/mol. The Kier molecular flexibility index (Phi) is 8.04. The molecule has 1 atom stereocenters. The van der Waals surface area contributed by atoms with Crippen molar-refractivity contribution < 1.29 is 19.4 Å². The van der Waals surface area contributed by atoms with Crippen LogP contribution in [-0.2, 0) is 4.79 Å². The number of phenolic OH excluding ortho intramolecular Hbond substituents is 1. The van der Waals surface area contributed by atoms with E-state index in [4.69, 9.17) is 16.3 Å². The van der Waals surface area contributed by atoms with Crippen LogP contribution in [-0.4, -0.2) is 36.3 Å². The molecule has 154 valence electrons. The summed E-state index contributed by atoms with van der Waals surface area (Å²) >= 11 is 9.26. The molecule has 0 spiro atoms. The molecule has 2 aromatic rings. The van der Waals surface area contributed by atoms with Gasteiger partial charge in [-0.3, -0.25) is 9.59 Å². The van der Waals surface area contributed by atoms with Gasteiger partial charge in [0.05, 0.1) is 28.4 Å². The van der Waals surface area contributed by atoms with E-state index in [0.717, 1.165) is 0 Å². The first-order chi connectivity index (χ1) is 13.7. The Hall–Kier alpha value is -2.58. The van der Waals surface area contributed by atoms with E-state index in [1.807, 2.05) is 13.8 Å². The SMILES string of the molecule is COc1cc(/C=N/NC(=O)C(NC(=O)c2ccccc2Cl)C(C)C)cc(Br)c1O. The van der Waals surface area contributed by atoms with Gasteiger partial charge in [-0.2, -0.15) is 5.10 Å². The first kappa shape index (κ1) is 22.7. The lowest BCUT2D eigenvalue weighted by molar-refractivity contribution is -0.123. The second kappa shape index (κ2) is 10.3. The van der Waals surface area contributed by atoms with E-state index >= 15 is 0 Å². The van der Waals surface area contributed by atoms with Crippen molar-refractivity contribution in [2.45, 2.75) is 19.9 Å². The first-order valence-electron chi connectivity index (χ1n) is 8.69. The summed E-state index contributed by atoms with van der Waals surface area (Å²) in [5, 5.41) is 16.8. The highest BCUT2D eigenvalue weighted by atomic mass is 79.9. The second-order valence-electron chi connectivity index (χ2n) is 6.46. The van der Waals surface area contributed by atoms with Crippen LogP contribution in [0.1, 0.15) is 29.8 Å². The molecule has 1 unspecified atom stereocenters. The summed E-state index contributed by atoms with van der Waals surface area (Å²) in [5.41, 5.74) is 3.30. The van der Waals surface area contributed by atoms with Crippen LogP contribution in [0, 0.1) is 5.92 Å². The van der Waals surface area contributed by atoms with Gasteiger partial charge in [0, 0.05) is 0 Å². The van der Waals surface area contributed by atoms with Gasteiger partial charge in [0.1, 0.15) is 6.04 Å². The van der Waals surface area contributed by atoms with E-state index in [1.54, 1.807) is 36.4 Å². The van der Waals surface area contributed by atoms with Crippen molar-refractivity contribution >= 4 is 45.6 Å². The number of aromatic hydroxyl groups is 1. The lowest BCUT2D eigenvalue weighted by Crippen LogP contribution is -2.48. The molecule has 0 bridgehead atoms. The number of halogens is 2. The van der Waals surface area contributed by atoms with Crippen LogP contribution in [0.25, 0.3) is 0 Å². The minimum atomic E-state index is -0.808. The van der Waals surface area contributed by atoms with Crippen LogP contribution < -0.4 is 15.5 Å². The van der Waals surface area contributed by atoms with Gasteiger partial charge in [-0.25, -0.2) is 5.43 Å². The van der Waals surface area contributed by atoms with E-state index in [2.05, 4.69) is 31.8 Å². The molecule has 0 radical (unpaired) electrons. The van der Waals surface area contributed by atoms with E-state index in [-0.39, 0.29) is 23.0 Å². The number of nitrogens with one attached hydrogen (secondary N) is 2. The van der Waals surface area contributed by atoms with Gasteiger partial charge in [-0.15, -0.1) is 0 Å². The fourth-order valence-corrected chi connectivity index (χ4v) is 3.14. The molecular formula is C20H21BrClN3O4. The standard InChI is InChI=1S/C20H21BrClN3O4/c1-11(2)17(24-19(27)13-6-4-5-7-15(13)22)20(28)25-23-10-12-8-14(21)18(26)16(9-12)29-3/h4-11,17,26H,1-3H3,(H,24,27)(H,25,28)/b23-10+. The van der Waals surface area contributed by atoms with Crippen LogP contribution in [0.5, 0.6) is 11.5 Å². The Bertz CT molecular complexity index is 934. The third-order valence-corrected chi connectivity index (χ3v) is 4.95. The minimum Gasteiger partial charge on any atom is -0.503 e. The molecule has 0 fully saturated rings. The minimum absolute atomic E-state index is 0.0316. The molecule has 0 heterocycles. The smallest absolute Gasteiger partial charge is 0.262 e. The maximum absolute atomic E-state index is 12.5. The molecule has 3 N–H and O–H groups in total. The van der Waals surface area contributed by atoms with E-state index in [0.29, 0.717) is 15.1 Å². The normalized spacial score (nSPS) is 12.1. The van der Waals surface area contributed by atoms with Crippen molar-refractivity contribution in [1.29, 1.82) is 0 Å². The zero-order chi connectivity index (χ0) is 21.6. The van der Waals surface area contributed by atoms with Crippen LogP contribution in [0.2, 0.25) is 5.02 Å². The predicted octanol–water partition coefficient (Wildman–Crippen LogP) is 3.72. The molecule has 7 nitrogen and oxygen atoms in total. The van der Waals surface area contributed by atoms with Crippen LogP contribution in [0.3, 0.4) is 0 Å². The largest absolute Gasteiger partial charge is 0.503 e. The average Bonchev–Trinajstić information content (AvgIpc) is 2.68. The Morgan fingerprint density at radius 3 is 2.59 bits per heavy atom. The van der Waals surface area contributed by atoms with E-state index in [1.165, 1.54) is 13.3 Å². The van der Waals surface area contributed by atoms with Crippen molar-refractivity contribution in [3.8, 4) is 11.5 Å². The molecule has 9 heteroatoms. The molecular weight excluding hydrogens is 462 g/mol. The van der Waals surface area contributed by atoms with Gasteiger partial charge in [0.15, 0.2) is 11.5 Å². The number of methoxy groups -OCH3 is 1. The number of hydrogen-bond donors (Lipinski definition) is 3. The van der Waals surface area contributed by atoms with Gasteiger partial charge in [-0.1, -0.05) is 37.6 Å². The first-order valence-corrected chi connectivity index (χ1v) is 9.86. The highest BCUT2D eigenvalue weighted by Crippen LogP contribution is 2.34. The van der Waals surface area contributed by atoms with Crippen molar-refractivity contribution in [3.63, 3.8) is 0 Å². The summed E-state index contributed by atoms with van der Waals surface area (Å²) in [6.45, 7) is 3.62. The molecule has 2 rings (SSSR count). The van der Waals surface area contributed by atoms with E-state index < -0.39 is 17.9 Å². The summed E-state index contributed by atoms with van der Waals surface area (Å²) in [6, 6.07) is 8.98. The topological polar surface area (TPSA) is 100 Å². The number of amides is 2. The number of carbonyl (C=O) groups excluding carboxylic acids is 2. The highest BCUT2D eigenvalue weighted by Gasteiger charge is 2.25. The van der Waals surface area contributed by atoms with Gasteiger partial charge < -0.3 is 15.2 Å². The monoisotopic (exact) mass is 481 g/mol. The maximum atomic E-state index is 12.5. The van der Waals surface area contributed by atoms with Gasteiger partial charge in [0.25, 0.3) is 11.8 Å². The number of rotatable bonds is 7. The number of hydrogen-bond acceptors (Lipinski definition) is 5. The molecule has 0 saturated heterocycles. The van der Waals surface area contributed by atoms with E-state index in [9.17, 15) is 14.7 Å². The molecule has 0 aliphatic rings. The van der Waals surface area contributed by atoms with Crippen LogP contribution >= 0.6 is 27.5 Å². The highest BCUT2D eigenvalue weighted by molar-refractivity contribution is 9.10. The molecule has 0 aliphatic heterocycles. The Balaban J connectivity index is 2.08. The second-order valence-corrected chi connectivity index (χ2v) is 7.72. The molecule has 29 heavy (non-hydrogen) atoms. The maximum Gasteiger partial charge on any atom is 0.262 e. The summed E-state index contributed by atoms with van der Waals surface area (Å²) in [4.78, 5) is 25.0. The number of carbonyl (C=O) groups is 2. The fraction of sp³-hybridized carbons (Fsp3) is 0.250. The third-order valence-electron chi connectivity index (χ3n) is 4.01. The Morgan fingerprint density at radius 1 is 1.28 bits per heavy atom. The quantitative estimate of drug-likeness (QED) is 0.414. The number of benzene rings is 2. The zero-order valence-corrected chi connectivity index (χ0v) is 18.4. The van der Waals surface area contributed by atoms with Crippen molar-refractivity contribution in [2.75, 3.05) is 7.11 Å². The van der Waals surface area contributed by atoms with Crippen molar-refractivity contribution in [3.05, 3.63) is 57.0 Å². The number of nitrogens with zero attached hydrogens (tertiary/aromatic N) is 1. The van der Waals surface area contributed by atoms with Crippen molar-refractivity contribution in [2.24, 2.45) is 11.0 Å². The van der Waals surface area contributed by atoms with Gasteiger partial charge in [-0.05, 0) is 51.7 Å². The average molecular weight is 483 g/mol. The lowest BCUT2D eigenvalue weighted by Gasteiger charge is -2.20. The number of phenols is 1. The third kappa shape index (κ3) is 5.95. The summed E-state index contributed by atoms with van der Waals surface area (Å²) in [5.74, 6) is -0.864. The summed E-state index contributed by atoms with van der Waals surface area (Å²) < 4.78 is 5.50. The molecule has 0 aromatic heterocycles. The fourth-order valence-electron chi connectivity index (χ4n) is 2.46. The molecule has 2 aromatic carbocycles. The Labute approximate surface area is 182 Å². The molecule has 2 amide bonds. The number of hydrazone groups is 1. The van der Waals surface area contributed by atoms with Gasteiger partial charge >= 0.3 is 0 Å². The van der Waals surface area contributed by atoms with Gasteiger partial charge in [0.2, 0.25) is 0 Å². The van der Waals surface area contributed by atoms with Crippen LogP contribution in [0.4, 0.5) is 0 Å². The lowest BCUT2D eigenvalue weighted by atomic mass is 10.0. The molecule has 0 saturated carbocycles. The summed E-state index contributed by atoms with van der Waals surface area (Å²) in [6.07, 6.45) is 1.40. The molecule has 0 aliphatic carbocycles. The summed E-state index contributed by atoms with van der Waals surface area (Å²) in [7, 11) is 1.43.